The van der Waals surface area contributed by atoms with E-state index in [2.05, 4.69) is 11.9 Å². The summed E-state index contributed by atoms with van der Waals surface area (Å²) in [6, 6.07) is 3.30. The maximum atomic E-state index is 12.7. The van der Waals surface area contributed by atoms with E-state index in [0.29, 0.717) is 0 Å². The zero-order valence-corrected chi connectivity index (χ0v) is 11.0. The summed E-state index contributed by atoms with van der Waals surface area (Å²) in [5.41, 5.74) is 1.30. The van der Waals surface area contributed by atoms with Crippen molar-refractivity contribution in [1.82, 2.24) is 4.98 Å². The molecule has 3 heteroatoms. The third-order valence-electron chi connectivity index (χ3n) is 3.47. The molecule has 1 aromatic rings. The van der Waals surface area contributed by atoms with Crippen molar-refractivity contribution in [3.63, 3.8) is 0 Å². The Morgan fingerprint density at radius 3 is 2.41 bits per heavy atom. The van der Waals surface area contributed by atoms with E-state index in [-0.39, 0.29) is 5.41 Å². The first-order valence-corrected chi connectivity index (χ1v) is 6.47. The molecule has 1 aromatic heterocycles. The second kappa shape index (κ2) is 6.70. The number of halogens is 1. The molecule has 0 amide bonds. The summed E-state index contributed by atoms with van der Waals surface area (Å²) in [7, 11) is 0. The van der Waals surface area contributed by atoms with Crippen molar-refractivity contribution >= 4 is 0 Å². The molecule has 0 saturated carbocycles. The fourth-order valence-electron chi connectivity index (χ4n) is 2.30. The summed E-state index contributed by atoms with van der Waals surface area (Å²) in [6.45, 7) is 7.77. The first-order valence-electron chi connectivity index (χ1n) is 6.47. The quantitative estimate of drug-likeness (QED) is 0.734. The largest absolute Gasteiger partial charge is 0.381 e. The summed E-state index contributed by atoms with van der Waals surface area (Å²) in [4.78, 5) is 3.74. The van der Waals surface area contributed by atoms with E-state index in [9.17, 15) is 4.39 Å². The van der Waals surface area contributed by atoms with Crippen LogP contribution in [-0.4, -0.2) is 18.2 Å². The third-order valence-corrected chi connectivity index (χ3v) is 3.47. The lowest BCUT2D eigenvalue weighted by molar-refractivity contribution is 0.0484. The van der Waals surface area contributed by atoms with Crippen LogP contribution in [0.3, 0.4) is 0 Å². The lowest BCUT2D eigenvalue weighted by Crippen LogP contribution is -2.33. The van der Waals surface area contributed by atoms with Crippen LogP contribution in [0.5, 0.6) is 0 Å². The summed E-state index contributed by atoms with van der Waals surface area (Å²) in [5, 5.41) is 0. The minimum absolute atomic E-state index is 0.152. The third kappa shape index (κ3) is 3.25. The number of pyridine rings is 1. The van der Waals surface area contributed by atoms with Gasteiger partial charge in [-0.15, -0.1) is 0 Å². The monoisotopic (exact) mass is 239 g/mol. The highest BCUT2D eigenvalue weighted by atomic mass is 19.1. The predicted molar refractivity (Wildman–Crippen MR) is 67.6 cm³/mol. The van der Waals surface area contributed by atoms with Crippen LogP contribution in [0.25, 0.3) is 0 Å². The number of hydrogen-bond acceptors (Lipinski definition) is 2. The Labute approximate surface area is 103 Å². The normalized spacial score (nSPS) is 18.1. The maximum Gasteiger partial charge on any atom is 0.212 e. The molecule has 1 saturated heterocycles. The van der Waals surface area contributed by atoms with E-state index in [4.69, 9.17) is 4.74 Å². The maximum absolute atomic E-state index is 12.7. The average Bonchev–Trinajstić information content (AvgIpc) is 2.42. The molecule has 2 nitrogen and oxygen atoms in total. The van der Waals surface area contributed by atoms with Gasteiger partial charge in [0.1, 0.15) is 0 Å². The minimum Gasteiger partial charge on any atom is -0.381 e. The van der Waals surface area contributed by atoms with Crippen molar-refractivity contribution in [3.8, 4) is 0 Å². The molecule has 2 rings (SSSR count). The molecule has 96 valence electrons. The Bertz CT molecular complexity index is 317. The van der Waals surface area contributed by atoms with Crippen molar-refractivity contribution in [2.24, 2.45) is 0 Å². The van der Waals surface area contributed by atoms with Gasteiger partial charge in [0.2, 0.25) is 5.95 Å². The zero-order chi connectivity index (χ0) is 12.7. The fraction of sp³-hybridized carbons (Fsp3) is 0.643. The summed E-state index contributed by atoms with van der Waals surface area (Å²) < 4.78 is 18.1. The van der Waals surface area contributed by atoms with E-state index >= 15 is 0 Å². The Hall–Kier alpha value is -0.960. The van der Waals surface area contributed by atoms with Crippen molar-refractivity contribution in [3.05, 3.63) is 29.8 Å². The van der Waals surface area contributed by atoms with Crippen LogP contribution in [0, 0.1) is 5.95 Å². The standard InChI is InChI=1S/C12H16FNO.C2H6/c1-2-12(5-7-15-8-6-12)10-3-4-11(13)14-9-10;1-2/h3-4,9H,2,5-8H2,1H3;1-2H3. The van der Waals surface area contributed by atoms with Crippen LogP contribution < -0.4 is 0 Å². The smallest absolute Gasteiger partial charge is 0.212 e. The van der Waals surface area contributed by atoms with Gasteiger partial charge in [0.05, 0.1) is 0 Å². The molecular weight excluding hydrogens is 217 g/mol. The van der Waals surface area contributed by atoms with E-state index < -0.39 is 5.95 Å². The van der Waals surface area contributed by atoms with Gasteiger partial charge in [-0.3, -0.25) is 0 Å². The molecule has 0 spiro atoms. The van der Waals surface area contributed by atoms with Crippen LogP contribution in [0.2, 0.25) is 0 Å². The molecule has 0 N–H and O–H groups in total. The molecular formula is C14H22FNO. The average molecular weight is 239 g/mol. The first kappa shape index (κ1) is 14.1. The molecule has 1 aliphatic heterocycles. The lowest BCUT2D eigenvalue weighted by Gasteiger charge is -2.36. The van der Waals surface area contributed by atoms with E-state index in [1.807, 2.05) is 19.9 Å². The summed E-state index contributed by atoms with van der Waals surface area (Å²) >= 11 is 0. The molecule has 0 aromatic carbocycles. The van der Waals surface area contributed by atoms with Crippen molar-refractivity contribution in [2.45, 2.75) is 45.4 Å². The number of ether oxygens (including phenoxy) is 1. The van der Waals surface area contributed by atoms with Gasteiger partial charge in [-0.2, -0.15) is 4.39 Å². The van der Waals surface area contributed by atoms with E-state index in [1.165, 1.54) is 6.07 Å². The second-order valence-electron chi connectivity index (χ2n) is 4.12. The molecule has 0 atom stereocenters. The Morgan fingerprint density at radius 1 is 1.29 bits per heavy atom. The molecule has 2 heterocycles. The van der Waals surface area contributed by atoms with Crippen LogP contribution in [0.15, 0.2) is 18.3 Å². The van der Waals surface area contributed by atoms with E-state index in [1.54, 1.807) is 6.20 Å². The minimum atomic E-state index is -0.405. The van der Waals surface area contributed by atoms with Gasteiger partial charge in [-0.1, -0.05) is 26.8 Å². The van der Waals surface area contributed by atoms with Crippen LogP contribution in [-0.2, 0) is 10.2 Å². The van der Waals surface area contributed by atoms with Gasteiger partial charge in [0.15, 0.2) is 0 Å². The fourth-order valence-corrected chi connectivity index (χ4v) is 2.30. The van der Waals surface area contributed by atoms with Crippen molar-refractivity contribution < 1.29 is 9.13 Å². The molecule has 1 aliphatic rings. The molecule has 0 aliphatic carbocycles. The summed E-state index contributed by atoms with van der Waals surface area (Å²) in [5.74, 6) is -0.405. The number of aromatic nitrogens is 1. The molecule has 0 radical (unpaired) electrons. The number of hydrogen-bond donors (Lipinski definition) is 0. The molecule has 0 bridgehead atoms. The van der Waals surface area contributed by atoms with Crippen molar-refractivity contribution in [2.75, 3.05) is 13.2 Å². The second-order valence-corrected chi connectivity index (χ2v) is 4.12. The molecule has 0 unspecified atom stereocenters. The van der Waals surface area contributed by atoms with Crippen molar-refractivity contribution in [1.29, 1.82) is 0 Å². The topological polar surface area (TPSA) is 22.1 Å². The van der Waals surface area contributed by atoms with Crippen LogP contribution in [0.4, 0.5) is 4.39 Å². The van der Waals surface area contributed by atoms with Gasteiger partial charge in [-0.25, -0.2) is 4.98 Å². The summed E-state index contributed by atoms with van der Waals surface area (Å²) in [6.07, 6.45) is 4.75. The Balaban J connectivity index is 0.000000686. The lowest BCUT2D eigenvalue weighted by atomic mass is 9.73. The van der Waals surface area contributed by atoms with Gasteiger partial charge < -0.3 is 4.74 Å². The SMILES string of the molecule is CC.CCC1(c2ccc(F)nc2)CCOCC1. The Morgan fingerprint density at radius 2 is 1.94 bits per heavy atom. The highest BCUT2D eigenvalue weighted by Crippen LogP contribution is 2.37. The number of rotatable bonds is 2. The highest BCUT2D eigenvalue weighted by molar-refractivity contribution is 5.22. The van der Waals surface area contributed by atoms with Gasteiger partial charge in [0.25, 0.3) is 0 Å². The molecule has 1 fully saturated rings. The molecule has 17 heavy (non-hydrogen) atoms. The van der Waals surface area contributed by atoms with E-state index in [0.717, 1.165) is 38.0 Å². The number of nitrogens with zero attached hydrogens (tertiary/aromatic N) is 1. The van der Waals surface area contributed by atoms with Crippen LogP contribution in [0.1, 0.15) is 45.6 Å². The predicted octanol–water partition coefficient (Wildman–Crippen LogP) is 3.71. The van der Waals surface area contributed by atoms with Gasteiger partial charge in [-0.05, 0) is 30.9 Å². The van der Waals surface area contributed by atoms with Gasteiger partial charge >= 0.3 is 0 Å². The zero-order valence-electron chi connectivity index (χ0n) is 11.0. The van der Waals surface area contributed by atoms with Crippen LogP contribution >= 0.6 is 0 Å². The Kier molecular flexibility index (Phi) is 5.56. The van der Waals surface area contributed by atoms with Gasteiger partial charge in [0, 0.05) is 24.8 Å². The highest BCUT2D eigenvalue weighted by Gasteiger charge is 2.32. The first-order chi connectivity index (χ1) is 8.27.